The molecule has 0 atom stereocenters. The number of aromatic nitrogens is 1. The van der Waals surface area contributed by atoms with Gasteiger partial charge in [0.05, 0.1) is 5.56 Å². The molecule has 4 heteroatoms. The Morgan fingerprint density at radius 3 is 2.80 bits per heavy atom. The molecule has 0 bridgehead atoms. The Bertz CT molecular complexity index is 640. The fraction of sp³-hybridized carbons (Fsp3) is 0.250. The van der Waals surface area contributed by atoms with Crippen LogP contribution in [0, 0.1) is 0 Å². The summed E-state index contributed by atoms with van der Waals surface area (Å²) in [6, 6.07) is 12.0. The molecule has 1 aliphatic rings. The summed E-state index contributed by atoms with van der Waals surface area (Å²) in [4.78, 5) is 4.94. The summed E-state index contributed by atoms with van der Waals surface area (Å²) in [7, 11) is 0. The molecule has 3 nitrogen and oxygen atoms in total. The Morgan fingerprint density at radius 2 is 2.05 bits per heavy atom. The van der Waals surface area contributed by atoms with E-state index >= 15 is 0 Å². The highest BCUT2D eigenvalue weighted by atomic mass is 32.1. The topological polar surface area (TPSA) is 48.1 Å². The van der Waals surface area contributed by atoms with Crippen molar-refractivity contribution in [1.29, 1.82) is 0 Å². The maximum Gasteiger partial charge on any atom is 0.224 e. The van der Waals surface area contributed by atoms with E-state index in [2.05, 4.69) is 4.98 Å². The van der Waals surface area contributed by atoms with Crippen LogP contribution in [-0.4, -0.2) is 9.97 Å². The average molecular weight is 284 g/mol. The van der Waals surface area contributed by atoms with Crippen LogP contribution in [-0.2, 0) is 19.4 Å². The smallest absolute Gasteiger partial charge is 0.224 e. The van der Waals surface area contributed by atoms with Gasteiger partial charge in [-0.05, 0) is 36.5 Å². The molecule has 102 valence electrons. The molecular weight excluding hydrogens is 268 g/mol. The molecule has 0 spiro atoms. The second-order valence-electron chi connectivity index (χ2n) is 4.94. The second kappa shape index (κ2) is 5.59. The zero-order valence-electron chi connectivity index (χ0n) is 11.1. The Kier molecular flexibility index (Phi) is 3.65. The maximum absolute atomic E-state index is 5.83. The van der Waals surface area contributed by atoms with E-state index in [1.54, 1.807) is 0 Å². The molecule has 1 heterocycles. The lowest BCUT2D eigenvalue weighted by Crippen LogP contribution is -2.14. The third-order valence-corrected chi connectivity index (χ3v) is 3.72. The molecule has 1 aromatic heterocycles. The predicted molar refractivity (Wildman–Crippen MR) is 82.9 cm³/mol. The van der Waals surface area contributed by atoms with Crippen molar-refractivity contribution in [3.8, 4) is 5.88 Å². The molecule has 20 heavy (non-hydrogen) atoms. The van der Waals surface area contributed by atoms with Crippen LogP contribution in [0.15, 0.2) is 36.4 Å². The number of fused-ring (bicyclic) bond motifs is 1. The number of nitrogens with zero attached hydrogens (tertiary/aromatic N) is 1. The van der Waals surface area contributed by atoms with Crippen molar-refractivity contribution in [2.45, 2.75) is 25.9 Å². The molecule has 1 aromatic carbocycles. The van der Waals surface area contributed by atoms with Gasteiger partial charge in [-0.15, -0.1) is 0 Å². The van der Waals surface area contributed by atoms with Crippen LogP contribution >= 0.6 is 12.2 Å². The lowest BCUT2D eigenvalue weighted by Gasteiger charge is -2.12. The summed E-state index contributed by atoms with van der Waals surface area (Å²) in [5.74, 6) is 0.557. The molecule has 2 N–H and O–H groups in total. The molecule has 1 aliphatic carbocycles. The third-order valence-electron chi connectivity index (χ3n) is 3.50. The highest BCUT2D eigenvalue weighted by Crippen LogP contribution is 2.27. The van der Waals surface area contributed by atoms with Crippen LogP contribution in [0.4, 0.5) is 0 Å². The molecule has 0 fully saturated rings. The minimum absolute atomic E-state index is 0.343. The molecule has 0 radical (unpaired) electrons. The summed E-state index contributed by atoms with van der Waals surface area (Å²) in [6.07, 6.45) is 3.20. The van der Waals surface area contributed by atoms with Gasteiger partial charge in [0.25, 0.3) is 0 Å². The summed E-state index contributed by atoms with van der Waals surface area (Å²) in [5, 5.41) is 0. The molecule has 2 aromatic rings. The molecular formula is C16H16N2OS. The first-order chi connectivity index (χ1) is 9.74. The van der Waals surface area contributed by atoms with Crippen LogP contribution < -0.4 is 10.5 Å². The molecule has 0 saturated heterocycles. The van der Waals surface area contributed by atoms with E-state index in [4.69, 9.17) is 22.7 Å². The molecule has 0 saturated carbocycles. The third kappa shape index (κ3) is 2.65. The monoisotopic (exact) mass is 284 g/mol. The Hall–Kier alpha value is -1.94. The summed E-state index contributed by atoms with van der Waals surface area (Å²) >= 11 is 5.11. The van der Waals surface area contributed by atoms with Gasteiger partial charge in [-0.2, -0.15) is 0 Å². The Morgan fingerprint density at radius 1 is 1.25 bits per heavy atom. The zero-order chi connectivity index (χ0) is 13.9. The van der Waals surface area contributed by atoms with Gasteiger partial charge < -0.3 is 10.5 Å². The van der Waals surface area contributed by atoms with Gasteiger partial charge in [0.15, 0.2) is 0 Å². The highest BCUT2D eigenvalue weighted by Gasteiger charge is 2.18. The number of benzene rings is 1. The quantitative estimate of drug-likeness (QED) is 0.877. The van der Waals surface area contributed by atoms with Gasteiger partial charge in [0.1, 0.15) is 11.6 Å². The number of thiocarbonyl (C=S) groups is 1. The molecule has 0 aliphatic heterocycles. The van der Waals surface area contributed by atoms with E-state index in [0.717, 1.165) is 36.1 Å². The first-order valence-electron chi connectivity index (χ1n) is 6.73. The van der Waals surface area contributed by atoms with E-state index in [1.807, 2.05) is 36.4 Å². The fourth-order valence-corrected chi connectivity index (χ4v) is 2.61. The fourth-order valence-electron chi connectivity index (χ4n) is 2.47. The summed E-state index contributed by atoms with van der Waals surface area (Å²) in [5.41, 5.74) is 10.0. The van der Waals surface area contributed by atoms with Crippen molar-refractivity contribution in [2.75, 3.05) is 0 Å². The van der Waals surface area contributed by atoms with Gasteiger partial charge in [0, 0.05) is 5.69 Å². The van der Waals surface area contributed by atoms with Crippen molar-refractivity contribution in [3.05, 3.63) is 58.8 Å². The van der Waals surface area contributed by atoms with E-state index in [-0.39, 0.29) is 0 Å². The van der Waals surface area contributed by atoms with Gasteiger partial charge in [0.2, 0.25) is 5.88 Å². The highest BCUT2D eigenvalue weighted by molar-refractivity contribution is 7.80. The van der Waals surface area contributed by atoms with Crippen LogP contribution in [0.5, 0.6) is 5.88 Å². The Balaban J connectivity index is 1.86. The molecule has 0 amide bonds. The SMILES string of the molecule is NC(=S)c1cc2c(nc1OCc1ccccc1)CCC2. The lowest BCUT2D eigenvalue weighted by atomic mass is 10.1. The van der Waals surface area contributed by atoms with Crippen LogP contribution in [0.3, 0.4) is 0 Å². The van der Waals surface area contributed by atoms with Crippen molar-refractivity contribution in [3.63, 3.8) is 0 Å². The van der Waals surface area contributed by atoms with E-state index in [1.165, 1.54) is 5.56 Å². The zero-order valence-corrected chi connectivity index (χ0v) is 12.0. The number of rotatable bonds is 4. The van der Waals surface area contributed by atoms with Gasteiger partial charge >= 0.3 is 0 Å². The predicted octanol–water partition coefficient (Wildman–Crippen LogP) is 2.78. The number of nitrogens with two attached hydrogens (primary N) is 1. The molecule has 0 unspecified atom stereocenters. The van der Waals surface area contributed by atoms with Crippen molar-refractivity contribution in [2.24, 2.45) is 5.73 Å². The second-order valence-corrected chi connectivity index (χ2v) is 5.38. The lowest BCUT2D eigenvalue weighted by molar-refractivity contribution is 0.292. The van der Waals surface area contributed by atoms with Crippen LogP contribution in [0.1, 0.15) is 28.8 Å². The van der Waals surface area contributed by atoms with Crippen LogP contribution in [0.2, 0.25) is 0 Å². The van der Waals surface area contributed by atoms with Gasteiger partial charge in [-0.1, -0.05) is 42.5 Å². The van der Waals surface area contributed by atoms with Crippen molar-refractivity contribution < 1.29 is 4.74 Å². The number of ether oxygens (including phenoxy) is 1. The normalized spacial score (nSPS) is 13.0. The number of hydrogen-bond donors (Lipinski definition) is 1. The summed E-state index contributed by atoms with van der Waals surface area (Å²) in [6.45, 7) is 0.474. The average Bonchev–Trinajstić information content (AvgIpc) is 2.92. The first-order valence-corrected chi connectivity index (χ1v) is 7.14. The number of aryl methyl sites for hydroxylation is 2. The maximum atomic E-state index is 5.83. The minimum atomic E-state index is 0.343. The Labute approximate surface area is 123 Å². The minimum Gasteiger partial charge on any atom is -0.472 e. The van der Waals surface area contributed by atoms with E-state index < -0.39 is 0 Å². The van der Waals surface area contributed by atoms with Crippen molar-refractivity contribution >= 4 is 17.2 Å². The largest absolute Gasteiger partial charge is 0.472 e. The van der Waals surface area contributed by atoms with Crippen molar-refractivity contribution in [1.82, 2.24) is 4.98 Å². The summed E-state index contributed by atoms with van der Waals surface area (Å²) < 4.78 is 5.83. The number of pyridine rings is 1. The number of hydrogen-bond acceptors (Lipinski definition) is 3. The van der Waals surface area contributed by atoms with Gasteiger partial charge in [-0.3, -0.25) is 0 Å². The van der Waals surface area contributed by atoms with Crippen LogP contribution in [0.25, 0.3) is 0 Å². The van der Waals surface area contributed by atoms with Gasteiger partial charge in [-0.25, -0.2) is 4.98 Å². The van der Waals surface area contributed by atoms with E-state index in [9.17, 15) is 0 Å². The first kappa shape index (κ1) is 13.1. The standard InChI is InChI=1S/C16H16N2OS/c17-15(20)13-9-12-7-4-8-14(12)18-16(13)19-10-11-5-2-1-3-6-11/h1-3,5-6,9H,4,7-8,10H2,(H2,17,20). The molecule has 3 rings (SSSR count). The van der Waals surface area contributed by atoms with E-state index in [0.29, 0.717) is 17.5 Å².